The Bertz CT molecular complexity index is 471. The van der Waals surface area contributed by atoms with Crippen LogP contribution in [0.1, 0.15) is 31.2 Å². The molecule has 0 unspecified atom stereocenters. The topological polar surface area (TPSA) is 42.2 Å². The zero-order valence-corrected chi connectivity index (χ0v) is 9.26. The number of hydrogen-bond acceptors (Lipinski definition) is 3. The van der Waals surface area contributed by atoms with Gasteiger partial charge in [0.05, 0.1) is 17.9 Å². The van der Waals surface area contributed by atoms with Crippen molar-refractivity contribution in [2.75, 3.05) is 0 Å². The number of aromatic nitrogens is 3. The Hall–Kier alpha value is -1.42. The molecule has 2 aromatic heterocycles. The maximum Gasteiger partial charge on any atom is 0.0889 e. The lowest BCUT2D eigenvalue weighted by Gasteiger charge is -2.10. The Morgan fingerprint density at radius 3 is 3.06 bits per heavy atom. The van der Waals surface area contributed by atoms with Crippen LogP contribution in [0.4, 0.5) is 0 Å². The van der Waals surface area contributed by atoms with Gasteiger partial charge in [-0.2, -0.15) is 5.10 Å². The lowest BCUT2D eigenvalue weighted by Crippen LogP contribution is -2.25. The molecule has 0 spiro atoms. The third-order valence-electron chi connectivity index (χ3n) is 3.34. The third kappa shape index (κ3) is 1.80. The molecule has 4 heteroatoms. The van der Waals surface area contributed by atoms with E-state index in [1.807, 2.05) is 23.1 Å². The van der Waals surface area contributed by atoms with Crippen molar-refractivity contribution < 1.29 is 0 Å². The fraction of sp³-hybridized carbons (Fsp3) is 0.500. The molecular weight excluding hydrogens is 200 g/mol. The van der Waals surface area contributed by atoms with E-state index in [1.165, 1.54) is 31.2 Å². The summed E-state index contributed by atoms with van der Waals surface area (Å²) < 4.78 is 1.87. The molecule has 1 aliphatic carbocycles. The summed E-state index contributed by atoms with van der Waals surface area (Å²) >= 11 is 0. The SMILES string of the molecule is c1cn2ncc(CNC3CCCC3)c2cn1. The lowest BCUT2D eigenvalue weighted by atomic mass is 10.2. The highest BCUT2D eigenvalue weighted by Gasteiger charge is 2.14. The molecule has 0 bridgehead atoms. The summed E-state index contributed by atoms with van der Waals surface area (Å²) in [6.45, 7) is 0.903. The molecule has 0 radical (unpaired) electrons. The number of rotatable bonds is 3. The average Bonchev–Trinajstić information content (AvgIpc) is 2.96. The fourth-order valence-electron chi connectivity index (χ4n) is 2.40. The first kappa shape index (κ1) is 9.78. The molecule has 1 N–H and O–H groups in total. The lowest BCUT2D eigenvalue weighted by molar-refractivity contribution is 0.525. The minimum absolute atomic E-state index is 0.701. The molecule has 2 heterocycles. The van der Waals surface area contributed by atoms with Crippen LogP contribution in [-0.4, -0.2) is 20.6 Å². The number of hydrogen-bond donors (Lipinski definition) is 1. The predicted octanol–water partition coefficient (Wildman–Crippen LogP) is 1.76. The molecule has 84 valence electrons. The second kappa shape index (κ2) is 4.22. The summed E-state index contributed by atoms with van der Waals surface area (Å²) in [7, 11) is 0. The van der Waals surface area contributed by atoms with Crippen LogP contribution in [0.15, 0.2) is 24.8 Å². The normalized spacial score (nSPS) is 17.2. The number of fused-ring (bicyclic) bond motifs is 1. The molecule has 1 aliphatic rings. The van der Waals surface area contributed by atoms with E-state index in [4.69, 9.17) is 0 Å². The van der Waals surface area contributed by atoms with Gasteiger partial charge >= 0.3 is 0 Å². The van der Waals surface area contributed by atoms with E-state index in [0.717, 1.165) is 12.1 Å². The van der Waals surface area contributed by atoms with Crippen LogP contribution in [0.2, 0.25) is 0 Å². The van der Waals surface area contributed by atoms with E-state index in [0.29, 0.717) is 6.04 Å². The van der Waals surface area contributed by atoms with Crippen molar-refractivity contribution in [2.24, 2.45) is 0 Å². The van der Waals surface area contributed by atoms with E-state index < -0.39 is 0 Å². The Balaban J connectivity index is 1.73. The molecule has 0 aromatic carbocycles. The van der Waals surface area contributed by atoms with Gasteiger partial charge in [-0.05, 0) is 12.8 Å². The summed E-state index contributed by atoms with van der Waals surface area (Å²) in [5, 5.41) is 7.90. The van der Waals surface area contributed by atoms with Crippen molar-refractivity contribution in [3.8, 4) is 0 Å². The van der Waals surface area contributed by atoms with Gasteiger partial charge in [0.25, 0.3) is 0 Å². The Labute approximate surface area is 94.7 Å². The molecule has 16 heavy (non-hydrogen) atoms. The van der Waals surface area contributed by atoms with Gasteiger partial charge in [-0.15, -0.1) is 0 Å². The Morgan fingerprint density at radius 1 is 1.31 bits per heavy atom. The standard InChI is InChI=1S/C12H16N4/c1-2-4-11(3-1)14-7-10-8-15-16-6-5-13-9-12(10)16/h5-6,8-9,11,14H,1-4,7H2. The largest absolute Gasteiger partial charge is 0.310 e. The van der Waals surface area contributed by atoms with Crippen molar-refractivity contribution in [3.05, 3.63) is 30.4 Å². The van der Waals surface area contributed by atoms with Gasteiger partial charge in [0, 0.05) is 30.5 Å². The van der Waals surface area contributed by atoms with Gasteiger partial charge in [-0.1, -0.05) is 12.8 Å². The minimum Gasteiger partial charge on any atom is -0.310 e. The molecule has 0 amide bonds. The molecule has 0 saturated heterocycles. The second-order valence-corrected chi connectivity index (χ2v) is 4.44. The van der Waals surface area contributed by atoms with Crippen molar-refractivity contribution in [2.45, 2.75) is 38.3 Å². The van der Waals surface area contributed by atoms with Gasteiger partial charge in [-0.25, -0.2) is 4.52 Å². The van der Waals surface area contributed by atoms with Gasteiger partial charge in [0.2, 0.25) is 0 Å². The third-order valence-corrected chi connectivity index (χ3v) is 3.34. The molecule has 1 fully saturated rings. The van der Waals surface area contributed by atoms with E-state index in [9.17, 15) is 0 Å². The van der Waals surface area contributed by atoms with Crippen molar-refractivity contribution in [3.63, 3.8) is 0 Å². The van der Waals surface area contributed by atoms with Crippen LogP contribution < -0.4 is 5.32 Å². The summed E-state index contributed by atoms with van der Waals surface area (Å²) in [6, 6.07) is 0.701. The van der Waals surface area contributed by atoms with Gasteiger partial charge < -0.3 is 5.32 Å². The molecule has 3 rings (SSSR count). The van der Waals surface area contributed by atoms with Crippen LogP contribution in [0.5, 0.6) is 0 Å². The van der Waals surface area contributed by atoms with E-state index in [1.54, 1.807) is 6.20 Å². The first-order valence-corrected chi connectivity index (χ1v) is 5.93. The van der Waals surface area contributed by atoms with Crippen LogP contribution >= 0.6 is 0 Å². The van der Waals surface area contributed by atoms with Crippen LogP contribution in [-0.2, 0) is 6.54 Å². The first-order valence-electron chi connectivity index (χ1n) is 5.93. The highest BCUT2D eigenvalue weighted by Crippen LogP contribution is 2.18. The van der Waals surface area contributed by atoms with E-state index in [-0.39, 0.29) is 0 Å². The van der Waals surface area contributed by atoms with Crippen LogP contribution in [0, 0.1) is 0 Å². The molecule has 1 saturated carbocycles. The van der Waals surface area contributed by atoms with Crippen LogP contribution in [0.25, 0.3) is 5.52 Å². The fourth-order valence-corrected chi connectivity index (χ4v) is 2.40. The molecule has 0 atom stereocenters. The zero-order chi connectivity index (χ0) is 10.8. The van der Waals surface area contributed by atoms with E-state index in [2.05, 4.69) is 15.4 Å². The summed E-state index contributed by atoms with van der Waals surface area (Å²) in [5.74, 6) is 0. The monoisotopic (exact) mass is 216 g/mol. The quantitative estimate of drug-likeness (QED) is 0.850. The predicted molar refractivity (Wildman–Crippen MR) is 62.1 cm³/mol. The Morgan fingerprint density at radius 2 is 2.19 bits per heavy atom. The molecule has 2 aromatic rings. The van der Waals surface area contributed by atoms with Crippen molar-refractivity contribution in [1.82, 2.24) is 19.9 Å². The molecule has 0 aliphatic heterocycles. The summed E-state index contributed by atoms with van der Waals surface area (Å²) in [6.07, 6.45) is 12.8. The highest BCUT2D eigenvalue weighted by molar-refractivity contribution is 5.51. The average molecular weight is 216 g/mol. The van der Waals surface area contributed by atoms with Crippen molar-refractivity contribution in [1.29, 1.82) is 0 Å². The van der Waals surface area contributed by atoms with E-state index >= 15 is 0 Å². The highest BCUT2D eigenvalue weighted by atomic mass is 15.2. The van der Waals surface area contributed by atoms with Gasteiger partial charge in [0.1, 0.15) is 0 Å². The smallest absolute Gasteiger partial charge is 0.0889 e. The Kier molecular flexibility index (Phi) is 2.58. The number of nitrogens with one attached hydrogen (secondary N) is 1. The van der Waals surface area contributed by atoms with Gasteiger partial charge in [-0.3, -0.25) is 4.98 Å². The molecular formula is C12H16N4. The second-order valence-electron chi connectivity index (χ2n) is 4.44. The summed E-state index contributed by atoms with van der Waals surface area (Å²) in [4.78, 5) is 4.14. The summed E-state index contributed by atoms with van der Waals surface area (Å²) in [5.41, 5.74) is 2.34. The maximum atomic E-state index is 4.30. The van der Waals surface area contributed by atoms with Gasteiger partial charge in [0.15, 0.2) is 0 Å². The van der Waals surface area contributed by atoms with Crippen molar-refractivity contribution >= 4 is 5.52 Å². The zero-order valence-electron chi connectivity index (χ0n) is 9.26. The molecule has 4 nitrogen and oxygen atoms in total. The minimum atomic E-state index is 0.701. The number of nitrogens with zero attached hydrogens (tertiary/aromatic N) is 3. The first-order chi connectivity index (χ1) is 7.93. The van der Waals surface area contributed by atoms with Crippen LogP contribution in [0.3, 0.4) is 0 Å². The maximum absolute atomic E-state index is 4.30.